The lowest BCUT2D eigenvalue weighted by atomic mass is 10.1. The number of amides is 1. The summed E-state index contributed by atoms with van der Waals surface area (Å²) in [5, 5.41) is 9.92. The second-order valence-electron chi connectivity index (χ2n) is 9.46. The molecule has 2 atom stereocenters. The van der Waals surface area contributed by atoms with Gasteiger partial charge in [0.1, 0.15) is 22.7 Å². The van der Waals surface area contributed by atoms with E-state index in [2.05, 4.69) is 20.9 Å². The van der Waals surface area contributed by atoms with E-state index in [9.17, 15) is 9.18 Å². The molecule has 0 aliphatic carbocycles. The van der Waals surface area contributed by atoms with Gasteiger partial charge in [-0.25, -0.2) is 14.4 Å². The molecular weight excluding hydrogens is 463 g/mol. The number of fused-ring (bicyclic) bond motifs is 3. The van der Waals surface area contributed by atoms with Gasteiger partial charge in [-0.15, -0.1) is 11.3 Å². The quantitative estimate of drug-likeness (QED) is 0.560. The number of likely N-dealkylation sites (tertiary alicyclic amines) is 1. The zero-order valence-electron chi connectivity index (χ0n) is 19.2. The van der Waals surface area contributed by atoms with Crippen molar-refractivity contribution in [3.8, 4) is 16.6 Å². The molecule has 35 heavy (non-hydrogen) atoms. The van der Waals surface area contributed by atoms with Gasteiger partial charge in [0.15, 0.2) is 0 Å². The van der Waals surface area contributed by atoms with Crippen molar-refractivity contribution in [1.29, 1.82) is 5.26 Å². The third-order valence-electron chi connectivity index (χ3n) is 7.23. The number of hydrogen-bond acceptors (Lipinski definition) is 7. The number of nitriles is 1. The minimum atomic E-state index is -0.255. The molecule has 3 aromatic rings. The summed E-state index contributed by atoms with van der Waals surface area (Å²) in [5.41, 5.74) is 2.54. The van der Waals surface area contributed by atoms with Crippen molar-refractivity contribution < 1.29 is 9.18 Å². The van der Waals surface area contributed by atoms with Crippen molar-refractivity contribution in [2.24, 2.45) is 0 Å². The van der Waals surface area contributed by atoms with Crippen LogP contribution in [0.2, 0.25) is 0 Å². The fourth-order valence-electron chi connectivity index (χ4n) is 5.51. The zero-order chi connectivity index (χ0) is 23.9. The average molecular weight is 489 g/mol. The van der Waals surface area contributed by atoms with Crippen LogP contribution >= 0.6 is 11.3 Å². The van der Waals surface area contributed by atoms with E-state index in [0.717, 1.165) is 59.3 Å². The molecule has 1 amide bonds. The summed E-state index contributed by atoms with van der Waals surface area (Å²) in [5.74, 6) is 0.833. The number of hydrogen-bond donors (Lipinski definition) is 0. The number of piperazine rings is 1. The first kappa shape index (κ1) is 22.1. The first-order valence-corrected chi connectivity index (χ1v) is 12.8. The standard InChI is InChI=1S/C26H25FN6OS/c27-19-4-2-18(3-5-19)26-30-22-9-10-32(15-23(22)35-26)25(34)16-31-13-20-6-7-21(14-31)33(20)24-8-1-17(11-28)12-29-24/h1-5,8,12,20-21H,6-7,9-10,13-16H2. The molecule has 3 aliphatic rings. The third-order valence-corrected chi connectivity index (χ3v) is 8.36. The Morgan fingerprint density at radius 2 is 1.91 bits per heavy atom. The van der Waals surface area contributed by atoms with E-state index in [1.54, 1.807) is 29.7 Å². The predicted octanol–water partition coefficient (Wildman–Crippen LogP) is 3.45. The van der Waals surface area contributed by atoms with Crippen LogP contribution in [0.3, 0.4) is 0 Å². The normalized spacial score (nSPS) is 21.6. The number of thiazole rings is 1. The summed E-state index contributed by atoms with van der Waals surface area (Å²) in [6.45, 7) is 3.40. The van der Waals surface area contributed by atoms with Crippen LogP contribution in [0, 0.1) is 17.1 Å². The van der Waals surface area contributed by atoms with Crippen LogP contribution in [0.4, 0.5) is 10.2 Å². The fourth-order valence-corrected chi connectivity index (χ4v) is 6.64. The maximum Gasteiger partial charge on any atom is 0.237 e. The Labute approximate surface area is 207 Å². The van der Waals surface area contributed by atoms with Crippen molar-refractivity contribution in [3.63, 3.8) is 0 Å². The molecule has 7 nitrogen and oxygen atoms in total. The van der Waals surface area contributed by atoms with E-state index in [4.69, 9.17) is 10.2 Å². The van der Waals surface area contributed by atoms with Gasteiger partial charge in [0.2, 0.25) is 5.91 Å². The molecule has 6 rings (SSSR count). The summed E-state index contributed by atoms with van der Waals surface area (Å²) < 4.78 is 13.3. The van der Waals surface area contributed by atoms with Gasteiger partial charge in [-0.05, 0) is 49.2 Å². The highest BCUT2D eigenvalue weighted by Crippen LogP contribution is 2.35. The minimum absolute atomic E-state index is 0.164. The largest absolute Gasteiger partial charge is 0.348 e. The summed E-state index contributed by atoms with van der Waals surface area (Å²) in [4.78, 5) is 30.2. The number of halogens is 1. The molecule has 9 heteroatoms. The van der Waals surface area contributed by atoms with Crippen LogP contribution in [0.5, 0.6) is 0 Å². The van der Waals surface area contributed by atoms with Crippen molar-refractivity contribution in [3.05, 3.63) is 64.5 Å². The second-order valence-corrected chi connectivity index (χ2v) is 10.5. The Balaban J connectivity index is 1.09. The Kier molecular flexibility index (Phi) is 5.71. The number of pyridine rings is 1. The van der Waals surface area contributed by atoms with E-state index in [-0.39, 0.29) is 11.7 Å². The van der Waals surface area contributed by atoms with Crippen LogP contribution < -0.4 is 4.90 Å². The van der Waals surface area contributed by atoms with Crippen LogP contribution in [-0.4, -0.2) is 63.9 Å². The van der Waals surface area contributed by atoms with Crippen molar-refractivity contribution in [2.45, 2.75) is 37.9 Å². The number of aromatic nitrogens is 2. The molecule has 0 saturated carbocycles. The maximum absolute atomic E-state index is 13.3. The van der Waals surface area contributed by atoms with Crippen LogP contribution in [0.1, 0.15) is 29.0 Å². The molecule has 5 heterocycles. The molecular formula is C26H25FN6OS. The second kappa shape index (κ2) is 9.02. The van der Waals surface area contributed by atoms with Gasteiger partial charge in [-0.2, -0.15) is 5.26 Å². The Morgan fingerprint density at radius 3 is 2.60 bits per heavy atom. The van der Waals surface area contributed by atoms with Crippen LogP contribution in [0.15, 0.2) is 42.6 Å². The van der Waals surface area contributed by atoms with Crippen molar-refractivity contribution >= 4 is 23.1 Å². The molecule has 0 radical (unpaired) electrons. The summed E-state index contributed by atoms with van der Waals surface area (Å²) in [6.07, 6.45) is 4.58. The van der Waals surface area contributed by atoms with Gasteiger partial charge in [0, 0.05) is 54.8 Å². The highest BCUT2D eigenvalue weighted by molar-refractivity contribution is 7.15. The number of benzene rings is 1. The molecule has 2 saturated heterocycles. The first-order chi connectivity index (χ1) is 17.1. The average Bonchev–Trinajstić information content (AvgIpc) is 3.42. The molecule has 2 bridgehead atoms. The molecule has 1 aromatic carbocycles. The fraction of sp³-hybridized carbons (Fsp3) is 0.385. The topological polar surface area (TPSA) is 76.4 Å². The van der Waals surface area contributed by atoms with Crippen molar-refractivity contribution in [2.75, 3.05) is 31.1 Å². The molecule has 0 N–H and O–H groups in total. The lowest BCUT2D eigenvalue weighted by Crippen LogP contribution is -2.56. The van der Waals surface area contributed by atoms with E-state index >= 15 is 0 Å². The van der Waals surface area contributed by atoms with E-state index in [1.165, 1.54) is 12.1 Å². The molecule has 2 unspecified atom stereocenters. The van der Waals surface area contributed by atoms with Crippen LogP contribution in [0.25, 0.3) is 10.6 Å². The summed E-state index contributed by atoms with van der Waals surface area (Å²) >= 11 is 1.60. The molecule has 2 fully saturated rings. The summed E-state index contributed by atoms with van der Waals surface area (Å²) in [6, 6.07) is 13.0. The predicted molar refractivity (Wildman–Crippen MR) is 131 cm³/mol. The lowest BCUT2D eigenvalue weighted by Gasteiger charge is -2.42. The van der Waals surface area contributed by atoms with E-state index in [1.807, 2.05) is 17.0 Å². The lowest BCUT2D eigenvalue weighted by molar-refractivity contribution is -0.133. The number of anilines is 1. The number of carbonyl (C=O) groups excluding carboxylic acids is 1. The van der Waals surface area contributed by atoms with Gasteiger partial charge >= 0.3 is 0 Å². The monoisotopic (exact) mass is 488 g/mol. The highest BCUT2D eigenvalue weighted by Gasteiger charge is 2.41. The molecule has 0 spiro atoms. The van der Waals surface area contributed by atoms with Gasteiger partial charge in [-0.3, -0.25) is 9.69 Å². The van der Waals surface area contributed by atoms with Crippen LogP contribution in [-0.2, 0) is 17.8 Å². The molecule has 3 aliphatic heterocycles. The van der Waals surface area contributed by atoms with E-state index in [0.29, 0.717) is 37.3 Å². The smallest absolute Gasteiger partial charge is 0.237 e. The molecule has 178 valence electrons. The Morgan fingerprint density at radius 1 is 1.14 bits per heavy atom. The molecule has 2 aromatic heterocycles. The van der Waals surface area contributed by atoms with Gasteiger partial charge in [0.25, 0.3) is 0 Å². The first-order valence-electron chi connectivity index (χ1n) is 12.0. The highest BCUT2D eigenvalue weighted by atomic mass is 32.1. The SMILES string of the molecule is N#Cc1ccc(N2C3CCC2CN(CC(=O)N2CCc4nc(-c5ccc(F)cc5)sc4C2)C3)nc1. The third kappa shape index (κ3) is 4.28. The number of rotatable bonds is 4. The number of nitrogens with zero attached hydrogens (tertiary/aromatic N) is 6. The minimum Gasteiger partial charge on any atom is -0.348 e. The summed E-state index contributed by atoms with van der Waals surface area (Å²) in [7, 11) is 0. The Bertz CT molecular complexity index is 1270. The Hall–Kier alpha value is -3.35. The van der Waals surface area contributed by atoms with Crippen molar-refractivity contribution in [1.82, 2.24) is 19.8 Å². The van der Waals surface area contributed by atoms with E-state index < -0.39 is 0 Å². The number of carbonyl (C=O) groups is 1. The maximum atomic E-state index is 13.3. The van der Waals surface area contributed by atoms with Gasteiger partial charge < -0.3 is 9.80 Å². The van der Waals surface area contributed by atoms with Gasteiger partial charge in [0.05, 0.1) is 24.3 Å². The zero-order valence-corrected chi connectivity index (χ0v) is 20.0. The van der Waals surface area contributed by atoms with Gasteiger partial charge in [-0.1, -0.05) is 0 Å².